The molecule has 0 aliphatic heterocycles. The number of nitrogens with zero attached hydrogens (tertiary/aromatic N) is 1. The summed E-state index contributed by atoms with van der Waals surface area (Å²) in [5.41, 5.74) is 0. The van der Waals surface area contributed by atoms with E-state index in [9.17, 15) is 0 Å². The first-order valence-corrected chi connectivity index (χ1v) is 0.224. The van der Waals surface area contributed by atoms with Gasteiger partial charge in [0.15, 0.2) is 0 Å². The summed E-state index contributed by atoms with van der Waals surface area (Å²) in [6.45, 7) is 4.75. The molecule has 0 N–H and O–H groups in total. The van der Waals surface area contributed by atoms with Crippen molar-refractivity contribution in [3.8, 4) is 0 Å². The molecule has 0 fully saturated rings. The Morgan fingerprint density at radius 2 is 1.25 bits per heavy atom. The van der Waals surface area contributed by atoms with Crippen molar-refractivity contribution in [3.05, 3.63) is 6.57 Å². The van der Waals surface area contributed by atoms with E-state index in [1.165, 1.54) is 0 Å². The van der Waals surface area contributed by atoms with E-state index < -0.39 is 0 Å². The molecule has 1 nitrogen and oxygen atoms in total. The largest absolute Gasteiger partial charge is 1.00 e. The molecule has 20 valence electrons. The van der Waals surface area contributed by atoms with Crippen LogP contribution < -0.4 is 51.4 Å². The van der Waals surface area contributed by atoms with Gasteiger partial charge in [-0.05, 0) is 0 Å². The molecule has 0 saturated heterocycles. The van der Waals surface area contributed by atoms with Crippen LogP contribution in [0.15, 0.2) is 0 Å². The van der Waals surface area contributed by atoms with Crippen LogP contribution in [0.5, 0.6) is 0 Å². The summed E-state index contributed by atoms with van der Waals surface area (Å²) in [6.07, 6.45) is 0. The average molecular weight is 124 g/mol. The van der Waals surface area contributed by atoms with Gasteiger partial charge >= 0.3 is 51.4 Å². The monoisotopic (exact) mass is 123 g/mol. The second kappa shape index (κ2) is 23.1. The Morgan fingerprint density at radius 3 is 1.25 bits per heavy atom. The Kier molecular flexibility index (Phi) is 101. The van der Waals surface area contributed by atoms with Gasteiger partial charge in [0.2, 0.25) is 0 Å². The molecule has 0 unspecified atom stereocenters. The van der Waals surface area contributed by atoms with Gasteiger partial charge < -0.3 is 11.8 Å². The van der Waals surface area contributed by atoms with E-state index in [-0.39, 0.29) is 67.9 Å². The number of hydrogen-bond donors (Lipinski definition) is 0. The molecule has 0 aromatic carbocycles. The fraction of sp³-hybridized carbons (Fsp3) is 0. The summed E-state index contributed by atoms with van der Waals surface area (Å²) in [5.74, 6) is 0. The van der Waals surface area contributed by atoms with Gasteiger partial charge in [-0.25, -0.2) is 0 Å². The molecular weight excluding hydrogens is 124 g/mol. The van der Waals surface area contributed by atoms with Crippen molar-refractivity contribution in [3.63, 3.8) is 0 Å². The molecule has 3 heteroatoms. The molecule has 0 atom stereocenters. The molecule has 0 aliphatic rings. The van der Waals surface area contributed by atoms with Crippen molar-refractivity contribution in [2.75, 3.05) is 0 Å². The van der Waals surface area contributed by atoms with Gasteiger partial charge in [-0.3, -0.25) is 0 Å². The van der Waals surface area contributed by atoms with Crippen LogP contribution in [-0.2, 0) is 16.5 Å². The quantitative estimate of drug-likeness (QED) is 0.251. The Bertz CT molecular complexity index is 12.8. The van der Waals surface area contributed by atoms with Gasteiger partial charge in [0.25, 0.3) is 0 Å². The molecule has 0 radical (unpaired) electrons. The summed E-state index contributed by atoms with van der Waals surface area (Å²) in [6, 6.07) is 0. The van der Waals surface area contributed by atoms with Crippen molar-refractivity contribution >= 4 is 0 Å². The van der Waals surface area contributed by atoms with E-state index >= 15 is 0 Å². The molecule has 0 rings (SSSR count). The third kappa shape index (κ3) is 9.47. The minimum Gasteiger partial charge on any atom is -0.512 e. The second-order valence-electron chi connectivity index (χ2n) is 0. The van der Waals surface area contributed by atoms with E-state index in [2.05, 4.69) is 0 Å². The minimum absolute atomic E-state index is 0. The van der Waals surface area contributed by atoms with Crippen LogP contribution in [0.2, 0.25) is 0 Å². The predicted octanol–water partition coefficient (Wildman–Crippen LogP) is -2.90. The first-order valence-electron chi connectivity index (χ1n) is 0.224. The van der Waals surface area contributed by atoms with Crippen LogP contribution in [0.4, 0.5) is 0 Å². The van der Waals surface area contributed by atoms with E-state index in [0.29, 0.717) is 0 Å². The maximum atomic E-state index is 6.25. The zero-order valence-electron chi connectivity index (χ0n) is 2.26. The standard InChI is InChI=1S/CN.K.Ni/c1-2;;/q-1;+1;. The van der Waals surface area contributed by atoms with Gasteiger partial charge in [-0.15, -0.1) is 0 Å². The van der Waals surface area contributed by atoms with Gasteiger partial charge in [0.05, 0.1) is 0 Å². The molecule has 0 saturated carbocycles. The summed E-state index contributed by atoms with van der Waals surface area (Å²) in [7, 11) is 0. The Hall–Kier alpha value is 1.62. The Morgan fingerprint density at radius 1 is 1.25 bits per heavy atom. The Balaban J connectivity index is -0.00000000500. The van der Waals surface area contributed by atoms with E-state index in [0.717, 1.165) is 0 Å². The van der Waals surface area contributed by atoms with Gasteiger partial charge in [0.1, 0.15) is 0 Å². The maximum Gasteiger partial charge on any atom is 1.00 e. The zero-order valence-corrected chi connectivity index (χ0v) is 6.37. The topological polar surface area (TPSA) is 23.8 Å². The van der Waals surface area contributed by atoms with Crippen molar-refractivity contribution in [2.45, 2.75) is 0 Å². The van der Waals surface area contributed by atoms with Gasteiger partial charge in [-0.2, -0.15) is 0 Å². The minimum atomic E-state index is 0. The third-order valence-corrected chi connectivity index (χ3v) is 0. The molecule has 0 spiro atoms. The summed E-state index contributed by atoms with van der Waals surface area (Å²) in [5, 5.41) is 6.25. The Labute approximate surface area is 78.1 Å². The smallest absolute Gasteiger partial charge is 0.512 e. The van der Waals surface area contributed by atoms with E-state index in [1.807, 2.05) is 0 Å². The first-order chi connectivity index (χ1) is 1.00. The molecule has 4 heavy (non-hydrogen) atoms. The van der Waals surface area contributed by atoms with Crippen molar-refractivity contribution in [1.82, 2.24) is 0 Å². The van der Waals surface area contributed by atoms with Crippen LogP contribution in [0.25, 0.3) is 0 Å². The normalized spacial score (nSPS) is 0.500. The molecule has 0 aromatic rings. The molecule has 0 aliphatic carbocycles. The molecule has 0 heterocycles. The van der Waals surface area contributed by atoms with Crippen LogP contribution in [0, 0.1) is 11.8 Å². The van der Waals surface area contributed by atoms with Gasteiger partial charge in [-0.1, -0.05) is 0 Å². The fourth-order valence-electron chi connectivity index (χ4n) is 0. The van der Waals surface area contributed by atoms with Crippen LogP contribution >= 0.6 is 0 Å². The number of rotatable bonds is 0. The van der Waals surface area contributed by atoms with E-state index in [1.54, 1.807) is 0 Å². The average Bonchev–Trinajstić information content (AvgIpc) is 1.00. The summed E-state index contributed by atoms with van der Waals surface area (Å²) in [4.78, 5) is 0. The van der Waals surface area contributed by atoms with Crippen LogP contribution in [0.3, 0.4) is 0 Å². The van der Waals surface area contributed by atoms with Crippen LogP contribution in [0.1, 0.15) is 0 Å². The summed E-state index contributed by atoms with van der Waals surface area (Å²) < 4.78 is 0. The first kappa shape index (κ1) is 17.5. The molecule has 0 amide bonds. The molecule has 0 bridgehead atoms. The SMILES string of the molecule is [C-]#N.[K+].[Ni]. The number of hydrogen-bond acceptors (Lipinski definition) is 1. The van der Waals surface area contributed by atoms with Crippen molar-refractivity contribution in [2.24, 2.45) is 0 Å². The summed E-state index contributed by atoms with van der Waals surface area (Å²) >= 11 is 0. The third-order valence-electron chi connectivity index (χ3n) is 0. The van der Waals surface area contributed by atoms with Gasteiger partial charge in [0, 0.05) is 16.5 Å². The van der Waals surface area contributed by atoms with Crippen molar-refractivity contribution in [1.29, 1.82) is 5.26 Å². The fourth-order valence-corrected chi connectivity index (χ4v) is 0. The predicted molar refractivity (Wildman–Crippen MR) is 4.97 cm³/mol. The van der Waals surface area contributed by atoms with Crippen molar-refractivity contribution < 1.29 is 67.9 Å². The second-order valence-corrected chi connectivity index (χ2v) is 0. The molecule has 0 aromatic heterocycles. The zero-order chi connectivity index (χ0) is 2.00. The van der Waals surface area contributed by atoms with E-state index in [4.69, 9.17) is 11.8 Å². The van der Waals surface area contributed by atoms with Crippen LogP contribution in [-0.4, -0.2) is 0 Å². The maximum absolute atomic E-state index is 6.25. The molecular formula is CKNNi.